The molecule has 0 fully saturated rings. The third-order valence-corrected chi connectivity index (χ3v) is 2.41. The van der Waals surface area contributed by atoms with Crippen molar-refractivity contribution < 1.29 is 8.81 Å². The molecule has 2 rings (SSSR count). The number of furan rings is 1. The fourth-order valence-electron chi connectivity index (χ4n) is 1.60. The SMILES string of the molecule is NC(=S)NC(c1cccc(F)c1)c1ccco1. The van der Waals surface area contributed by atoms with E-state index in [1.165, 1.54) is 12.1 Å². The highest BCUT2D eigenvalue weighted by molar-refractivity contribution is 7.80. The van der Waals surface area contributed by atoms with Crippen molar-refractivity contribution >= 4 is 17.3 Å². The Labute approximate surface area is 103 Å². The van der Waals surface area contributed by atoms with Gasteiger partial charge in [-0.25, -0.2) is 4.39 Å². The maximum Gasteiger partial charge on any atom is 0.164 e. The summed E-state index contributed by atoms with van der Waals surface area (Å²) in [6.07, 6.45) is 1.54. The number of rotatable bonds is 3. The molecule has 17 heavy (non-hydrogen) atoms. The lowest BCUT2D eigenvalue weighted by molar-refractivity contribution is 0.474. The lowest BCUT2D eigenvalue weighted by Gasteiger charge is -2.17. The summed E-state index contributed by atoms with van der Waals surface area (Å²) in [5, 5.41) is 3.01. The summed E-state index contributed by atoms with van der Waals surface area (Å²) < 4.78 is 18.5. The van der Waals surface area contributed by atoms with Crippen LogP contribution in [-0.4, -0.2) is 5.11 Å². The van der Waals surface area contributed by atoms with Crippen molar-refractivity contribution in [1.82, 2.24) is 5.32 Å². The Bertz CT molecular complexity index is 513. The number of benzene rings is 1. The van der Waals surface area contributed by atoms with E-state index in [1.807, 2.05) is 0 Å². The van der Waals surface area contributed by atoms with E-state index in [1.54, 1.807) is 30.5 Å². The summed E-state index contributed by atoms with van der Waals surface area (Å²) in [6, 6.07) is 9.35. The summed E-state index contributed by atoms with van der Waals surface area (Å²) in [4.78, 5) is 0. The number of nitrogens with one attached hydrogen (secondary N) is 1. The lowest BCUT2D eigenvalue weighted by Crippen LogP contribution is -2.33. The highest BCUT2D eigenvalue weighted by atomic mass is 32.1. The van der Waals surface area contributed by atoms with E-state index in [0.29, 0.717) is 11.3 Å². The van der Waals surface area contributed by atoms with Crippen molar-refractivity contribution in [3.8, 4) is 0 Å². The van der Waals surface area contributed by atoms with Crippen LogP contribution >= 0.6 is 12.2 Å². The van der Waals surface area contributed by atoms with Crippen LogP contribution in [0.4, 0.5) is 4.39 Å². The Balaban J connectivity index is 2.36. The van der Waals surface area contributed by atoms with E-state index >= 15 is 0 Å². The first-order valence-electron chi connectivity index (χ1n) is 5.01. The molecule has 3 nitrogen and oxygen atoms in total. The maximum atomic E-state index is 13.2. The fraction of sp³-hybridized carbons (Fsp3) is 0.0833. The minimum Gasteiger partial charge on any atom is -0.467 e. The first-order valence-corrected chi connectivity index (χ1v) is 5.42. The molecule has 0 amide bonds. The second-order valence-corrected chi connectivity index (χ2v) is 3.95. The van der Waals surface area contributed by atoms with Crippen molar-refractivity contribution in [2.75, 3.05) is 0 Å². The van der Waals surface area contributed by atoms with Gasteiger partial charge in [0.25, 0.3) is 0 Å². The summed E-state index contributed by atoms with van der Waals surface area (Å²) in [5.74, 6) is 0.312. The Morgan fingerprint density at radius 3 is 2.76 bits per heavy atom. The minimum atomic E-state index is -0.377. The molecule has 5 heteroatoms. The zero-order valence-corrected chi connectivity index (χ0v) is 9.71. The number of halogens is 1. The predicted molar refractivity (Wildman–Crippen MR) is 66.9 cm³/mol. The van der Waals surface area contributed by atoms with Gasteiger partial charge in [0.05, 0.1) is 6.26 Å². The van der Waals surface area contributed by atoms with Crippen molar-refractivity contribution in [1.29, 1.82) is 0 Å². The fourth-order valence-corrected chi connectivity index (χ4v) is 1.72. The van der Waals surface area contributed by atoms with Crippen LogP contribution in [0.25, 0.3) is 0 Å². The monoisotopic (exact) mass is 250 g/mol. The van der Waals surface area contributed by atoms with E-state index in [0.717, 1.165) is 0 Å². The van der Waals surface area contributed by atoms with Gasteiger partial charge in [-0.3, -0.25) is 0 Å². The number of nitrogens with two attached hydrogens (primary N) is 1. The normalized spacial score (nSPS) is 12.1. The summed E-state index contributed by atoms with van der Waals surface area (Å²) in [6.45, 7) is 0. The summed E-state index contributed by atoms with van der Waals surface area (Å²) >= 11 is 4.81. The van der Waals surface area contributed by atoms with E-state index in [9.17, 15) is 4.39 Å². The second kappa shape index (κ2) is 4.97. The van der Waals surface area contributed by atoms with Crippen molar-refractivity contribution in [3.63, 3.8) is 0 Å². The molecule has 0 aliphatic carbocycles. The van der Waals surface area contributed by atoms with Gasteiger partial charge in [-0.1, -0.05) is 12.1 Å². The highest BCUT2D eigenvalue weighted by Crippen LogP contribution is 2.22. The minimum absolute atomic E-state index is 0.135. The molecule has 0 aliphatic heterocycles. The Kier molecular flexibility index (Phi) is 3.39. The second-order valence-electron chi connectivity index (χ2n) is 3.51. The molecule has 0 aliphatic rings. The molecule has 1 aromatic heterocycles. The standard InChI is InChI=1S/C12H11FN2OS/c13-9-4-1-3-8(7-9)11(15-12(14)17)10-5-2-6-16-10/h1-7,11H,(H3,14,15,17). The molecule has 1 aromatic carbocycles. The van der Waals surface area contributed by atoms with Crippen LogP contribution < -0.4 is 11.1 Å². The molecule has 0 bridgehead atoms. The first-order chi connectivity index (χ1) is 8.16. The van der Waals surface area contributed by atoms with Gasteiger partial charge in [-0.05, 0) is 42.0 Å². The van der Waals surface area contributed by atoms with Gasteiger partial charge in [-0.15, -0.1) is 0 Å². The molecule has 88 valence electrons. The van der Waals surface area contributed by atoms with E-state index in [4.69, 9.17) is 22.4 Å². The predicted octanol–water partition coefficient (Wildman–Crippen LogP) is 2.34. The van der Waals surface area contributed by atoms with Gasteiger partial charge < -0.3 is 15.5 Å². The third-order valence-electron chi connectivity index (χ3n) is 2.30. The van der Waals surface area contributed by atoms with Crippen molar-refractivity contribution in [2.45, 2.75) is 6.04 Å². The molecular weight excluding hydrogens is 239 g/mol. The average molecular weight is 250 g/mol. The molecule has 0 radical (unpaired) electrons. The maximum absolute atomic E-state index is 13.2. The van der Waals surface area contributed by atoms with Gasteiger partial charge in [0, 0.05) is 0 Å². The van der Waals surface area contributed by atoms with Crippen LogP contribution in [0.3, 0.4) is 0 Å². The van der Waals surface area contributed by atoms with Gasteiger partial charge in [-0.2, -0.15) is 0 Å². The molecule has 0 saturated carbocycles. The Morgan fingerprint density at radius 2 is 2.18 bits per heavy atom. The van der Waals surface area contributed by atoms with E-state index in [-0.39, 0.29) is 17.0 Å². The van der Waals surface area contributed by atoms with Crippen molar-refractivity contribution in [3.05, 3.63) is 59.8 Å². The van der Waals surface area contributed by atoms with E-state index in [2.05, 4.69) is 5.32 Å². The molecular formula is C12H11FN2OS. The van der Waals surface area contributed by atoms with Crippen LogP contribution in [-0.2, 0) is 0 Å². The van der Waals surface area contributed by atoms with Crippen LogP contribution in [0.2, 0.25) is 0 Å². The van der Waals surface area contributed by atoms with Crippen LogP contribution in [0.5, 0.6) is 0 Å². The van der Waals surface area contributed by atoms with Crippen LogP contribution in [0, 0.1) is 5.82 Å². The largest absolute Gasteiger partial charge is 0.467 e. The quantitative estimate of drug-likeness (QED) is 0.821. The van der Waals surface area contributed by atoms with Gasteiger partial charge in [0.1, 0.15) is 17.6 Å². The van der Waals surface area contributed by atoms with E-state index < -0.39 is 0 Å². The number of hydrogen-bond donors (Lipinski definition) is 2. The zero-order chi connectivity index (χ0) is 12.3. The van der Waals surface area contributed by atoms with Crippen molar-refractivity contribution in [2.24, 2.45) is 5.73 Å². The van der Waals surface area contributed by atoms with Gasteiger partial charge in [0.2, 0.25) is 0 Å². The molecule has 2 aromatic rings. The van der Waals surface area contributed by atoms with Gasteiger partial charge >= 0.3 is 0 Å². The Morgan fingerprint density at radius 1 is 1.35 bits per heavy atom. The molecule has 1 heterocycles. The van der Waals surface area contributed by atoms with Gasteiger partial charge in [0.15, 0.2) is 5.11 Å². The lowest BCUT2D eigenvalue weighted by atomic mass is 10.0. The summed E-state index contributed by atoms with van der Waals surface area (Å²) in [5.41, 5.74) is 6.16. The number of hydrogen-bond acceptors (Lipinski definition) is 2. The molecule has 0 spiro atoms. The zero-order valence-electron chi connectivity index (χ0n) is 8.89. The first kappa shape index (κ1) is 11.6. The van der Waals surface area contributed by atoms with Crippen LogP contribution in [0.1, 0.15) is 17.4 Å². The number of thiocarbonyl (C=S) groups is 1. The smallest absolute Gasteiger partial charge is 0.164 e. The Hall–Kier alpha value is -1.88. The molecule has 1 unspecified atom stereocenters. The molecule has 1 atom stereocenters. The third kappa shape index (κ3) is 2.82. The van der Waals surface area contributed by atoms with Crippen LogP contribution in [0.15, 0.2) is 47.1 Å². The molecule has 3 N–H and O–H groups in total. The average Bonchev–Trinajstić information content (AvgIpc) is 2.79. The topological polar surface area (TPSA) is 51.2 Å². The highest BCUT2D eigenvalue weighted by Gasteiger charge is 2.17. The summed E-state index contributed by atoms with van der Waals surface area (Å²) in [7, 11) is 0. The molecule has 0 saturated heterocycles.